The molecule has 0 spiro atoms. The predicted octanol–water partition coefficient (Wildman–Crippen LogP) is 3.09. The molecule has 0 aliphatic carbocycles. The second kappa shape index (κ2) is 7.40. The fourth-order valence-corrected chi connectivity index (χ4v) is 4.02. The Labute approximate surface area is 165 Å². The largest absolute Gasteiger partial charge is 0.475 e. The number of para-hydroxylation sites is 2. The van der Waals surface area contributed by atoms with E-state index in [-0.39, 0.29) is 12.5 Å². The number of anilines is 1. The van der Waals surface area contributed by atoms with Crippen LogP contribution in [-0.2, 0) is 9.53 Å². The van der Waals surface area contributed by atoms with Gasteiger partial charge in [-0.1, -0.05) is 12.1 Å². The molecule has 0 bridgehead atoms. The van der Waals surface area contributed by atoms with Gasteiger partial charge in [0, 0.05) is 18.0 Å². The third-order valence-electron chi connectivity index (χ3n) is 4.38. The summed E-state index contributed by atoms with van der Waals surface area (Å²) in [6.45, 7) is 1.87. The van der Waals surface area contributed by atoms with Crippen LogP contribution in [-0.4, -0.2) is 41.6 Å². The van der Waals surface area contributed by atoms with Crippen LogP contribution in [0.15, 0.2) is 48.8 Å². The Balaban J connectivity index is 1.71. The van der Waals surface area contributed by atoms with Crippen LogP contribution in [0.2, 0.25) is 0 Å². The van der Waals surface area contributed by atoms with Gasteiger partial charge < -0.3 is 9.47 Å². The molecule has 0 unspecified atom stereocenters. The van der Waals surface area contributed by atoms with Crippen molar-refractivity contribution >= 4 is 28.9 Å². The maximum atomic E-state index is 13.4. The number of thiazole rings is 1. The van der Waals surface area contributed by atoms with E-state index in [1.54, 1.807) is 42.4 Å². The van der Waals surface area contributed by atoms with Gasteiger partial charge in [0.1, 0.15) is 15.6 Å². The van der Waals surface area contributed by atoms with Gasteiger partial charge in [0.05, 0.1) is 25.0 Å². The number of amides is 1. The minimum atomic E-state index is -0.880. The smallest absolute Gasteiger partial charge is 0.348 e. The lowest BCUT2D eigenvalue weighted by Crippen LogP contribution is -2.47. The number of fused-ring (bicyclic) bond motifs is 1. The number of aromatic nitrogens is 2. The highest BCUT2D eigenvalue weighted by Gasteiger charge is 2.36. The molecule has 8 heteroatoms. The molecule has 1 atom stereocenters. The Morgan fingerprint density at radius 2 is 2.07 bits per heavy atom. The average Bonchev–Trinajstić information content (AvgIpc) is 3.14. The molecule has 142 valence electrons. The summed E-state index contributed by atoms with van der Waals surface area (Å²) in [6.07, 6.45) is 2.52. The number of benzene rings is 1. The van der Waals surface area contributed by atoms with Gasteiger partial charge in [-0.3, -0.25) is 14.7 Å². The normalized spacial score (nSPS) is 15.5. The monoisotopic (exact) mass is 395 g/mol. The highest BCUT2D eigenvalue weighted by Crippen LogP contribution is 2.36. The first-order chi connectivity index (χ1) is 13.6. The standard InChI is InChI=1S/C20H17N3O4S/c1-12-17(28-18(22-12)13-6-5-9-21-10-13)19(24)23-11-16(20(25)26-2)27-15-8-4-3-7-14(15)23/h3-10,16H,11H2,1-2H3/t16-/m0/s1. The first kappa shape index (κ1) is 18.1. The lowest BCUT2D eigenvalue weighted by Gasteiger charge is -2.33. The first-order valence-corrected chi connectivity index (χ1v) is 9.43. The van der Waals surface area contributed by atoms with E-state index in [2.05, 4.69) is 9.97 Å². The van der Waals surface area contributed by atoms with E-state index >= 15 is 0 Å². The number of nitrogens with zero attached hydrogens (tertiary/aromatic N) is 3. The molecule has 7 nitrogen and oxygen atoms in total. The van der Waals surface area contributed by atoms with Gasteiger partial charge in [-0.15, -0.1) is 11.3 Å². The Bertz CT molecular complexity index is 1030. The number of hydrogen-bond acceptors (Lipinski definition) is 7. The summed E-state index contributed by atoms with van der Waals surface area (Å²) in [5.74, 6) is -0.286. The maximum Gasteiger partial charge on any atom is 0.348 e. The van der Waals surface area contributed by atoms with Crippen LogP contribution < -0.4 is 9.64 Å². The summed E-state index contributed by atoms with van der Waals surface area (Å²) < 4.78 is 10.5. The van der Waals surface area contributed by atoms with Gasteiger partial charge in [0.25, 0.3) is 5.91 Å². The van der Waals surface area contributed by atoms with E-state index in [1.165, 1.54) is 18.4 Å². The molecule has 4 rings (SSSR count). The molecule has 3 heterocycles. The van der Waals surface area contributed by atoms with Crippen LogP contribution in [0.25, 0.3) is 10.6 Å². The minimum Gasteiger partial charge on any atom is -0.475 e. The summed E-state index contributed by atoms with van der Waals surface area (Å²) in [6, 6.07) is 10.9. The van der Waals surface area contributed by atoms with Crippen molar-refractivity contribution in [1.29, 1.82) is 0 Å². The molecule has 0 saturated carbocycles. The van der Waals surface area contributed by atoms with Crippen molar-refractivity contribution in [3.05, 3.63) is 59.4 Å². The molecule has 1 aliphatic heterocycles. The Hall–Kier alpha value is -3.26. The fourth-order valence-electron chi connectivity index (χ4n) is 3.01. The number of ether oxygens (including phenoxy) is 2. The Morgan fingerprint density at radius 1 is 1.25 bits per heavy atom. The number of methoxy groups -OCH3 is 1. The number of carbonyl (C=O) groups is 2. The first-order valence-electron chi connectivity index (χ1n) is 8.61. The molecule has 0 N–H and O–H groups in total. The molecule has 0 saturated heterocycles. The maximum absolute atomic E-state index is 13.4. The topological polar surface area (TPSA) is 81.6 Å². The fraction of sp³-hybridized carbons (Fsp3) is 0.200. The molecule has 1 aromatic carbocycles. The Morgan fingerprint density at radius 3 is 2.82 bits per heavy atom. The molecule has 1 aliphatic rings. The molecule has 0 fully saturated rings. The molecular formula is C20H17N3O4S. The summed E-state index contributed by atoms with van der Waals surface area (Å²) >= 11 is 1.31. The van der Waals surface area contributed by atoms with Crippen molar-refractivity contribution in [2.45, 2.75) is 13.0 Å². The van der Waals surface area contributed by atoms with Crippen molar-refractivity contribution in [2.24, 2.45) is 0 Å². The van der Waals surface area contributed by atoms with Crippen molar-refractivity contribution in [3.8, 4) is 16.3 Å². The van der Waals surface area contributed by atoms with Crippen LogP contribution in [0.3, 0.4) is 0 Å². The lowest BCUT2D eigenvalue weighted by molar-refractivity contribution is -0.148. The van der Waals surface area contributed by atoms with Crippen LogP contribution in [0.5, 0.6) is 5.75 Å². The third-order valence-corrected chi connectivity index (χ3v) is 5.58. The number of carbonyl (C=O) groups excluding carboxylic acids is 2. The van der Waals surface area contributed by atoms with E-state index in [0.717, 1.165) is 10.6 Å². The molecule has 0 radical (unpaired) electrons. The average molecular weight is 395 g/mol. The molecule has 3 aromatic rings. The number of pyridine rings is 1. The van der Waals surface area contributed by atoms with E-state index < -0.39 is 12.1 Å². The summed E-state index contributed by atoms with van der Waals surface area (Å²) in [5, 5.41) is 0.722. The van der Waals surface area contributed by atoms with Crippen molar-refractivity contribution in [1.82, 2.24) is 9.97 Å². The SMILES string of the molecule is COC(=O)[C@@H]1CN(C(=O)c2sc(-c3cccnc3)nc2C)c2ccccc2O1. The van der Waals surface area contributed by atoms with Crippen LogP contribution in [0.4, 0.5) is 5.69 Å². The quantitative estimate of drug-likeness (QED) is 0.634. The van der Waals surface area contributed by atoms with E-state index in [1.807, 2.05) is 18.2 Å². The van der Waals surface area contributed by atoms with E-state index in [4.69, 9.17) is 9.47 Å². The molecular weight excluding hydrogens is 378 g/mol. The highest BCUT2D eigenvalue weighted by molar-refractivity contribution is 7.17. The van der Waals surface area contributed by atoms with Gasteiger partial charge >= 0.3 is 5.97 Å². The van der Waals surface area contributed by atoms with Crippen molar-refractivity contribution in [3.63, 3.8) is 0 Å². The second-order valence-electron chi connectivity index (χ2n) is 6.19. The van der Waals surface area contributed by atoms with Crippen LogP contribution in [0, 0.1) is 6.92 Å². The van der Waals surface area contributed by atoms with Gasteiger partial charge in [-0.05, 0) is 31.2 Å². The third kappa shape index (κ3) is 3.22. The summed E-state index contributed by atoms with van der Waals surface area (Å²) in [4.78, 5) is 36.1. The zero-order chi connectivity index (χ0) is 19.7. The van der Waals surface area contributed by atoms with Crippen molar-refractivity contribution < 1.29 is 19.1 Å². The zero-order valence-electron chi connectivity index (χ0n) is 15.3. The Kier molecular flexibility index (Phi) is 4.79. The highest BCUT2D eigenvalue weighted by atomic mass is 32.1. The summed E-state index contributed by atoms with van der Waals surface area (Å²) in [7, 11) is 1.30. The second-order valence-corrected chi connectivity index (χ2v) is 7.19. The summed E-state index contributed by atoms with van der Waals surface area (Å²) in [5.41, 5.74) is 2.10. The number of esters is 1. The van der Waals surface area contributed by atoms with Gasteiger partial charge in [-0.25, -0.2) is 9.78 Å². The number of rotatable bonds is 3. The van der Waals surface area contributed by atoms with Crippen LogP contribution >= 0.6 is 11.3 Å². The molecule has 28 heavy (non-hydrogen) atoms. The molecule has 2 aromatic heterocycles. The van der Waals surface area contributed by atoms with E-state index in [0.29, 0.717) is 22.0 Å². The van der Waals surface area contributed by atoms with Crippen molar-refractivity contribution in [2.75, 3.05) is 18.6 Å². The van der Waals surface area contributed by atoms with E-state index in [9.17, 15) is 9.59 Å². The van der Waals surface area contributed by atoms with Gasteiger partial charge in [0.15, 0.2) is 0 Å². The van der Waals surface area contributed by atoms with Gasteiger partial charge in [0.2, 0.25) is 6.10 Å². The predicted molar refractivity (Wildman–Crippen MR) is 105 cm³/mol. The lowest BCUT2D eigenvalue weighted by atomic mass is 10.1. The zero-order valence-corrected chi connectivity index (χ0v) is 16.1. The van der Waals surface area contributed by atoms with Gasteiger partial charge in [-0.2, -0.15) is 0 Å². The number of hydrogen-bond donors (Lipinski definition) is 0. The minimum absolute atomic E-state index is 0.0715. The molecule has 1 amide bonds. The van der Waals surface area contributed by atoms with Crippen LogP contribution in [0.1, 0.15) is 15.4 Å². The number of aryl methyl sites for hydroxylation is 1.